The fourth-order valence-electron chi connectivity index (χ4n) is 2.38. The van der Waals surface area contributed by atoms with Crippen molar-refractivity contribution in [2.24, 2.45) is 0 Å². The first-order chi connectivity index (χ1) is 10.1. The van der Waals surface area contributed by atoms with Crippen LogP contribution in [0, 0.1) is 5.82 Å². The van der Waals surface area contributed by atoms with Crippen molar-refractivity contribution in [2.45, 2.75) is 6.92 Å². The molecule has 1 heterocycles. The van der Waals surface area contributed by atoms with Gasteiger partial charge in [0, 0.05) is 16.5 Å². The Kier molecular flexibility index (Phi) is 3.40. The summed E-state index contributed by atoms with van der Waals surface area (Å²) in [7, 11) is 0. The van der Waals surface area contributed by atoms with E-state index < -0.39 is 0 Å². The van der Waals surface area contributed by atoms with Gasteiger partial charge in [0.25, 0.3) is 0 Å². The molecule has 0 unspecified atom stereocenters. The summed E-state index contributed by atoms with van der Waals surface area (Å²) in [6, 6.07) is 14.2. The smallest absolute Gasteiger partial charge is 0.152 e. The van der Waals surface area contributed by atoms with E-state index in [1.807, 2.05) is 24.3 Å². The molecule has 0 radical (unpaired) electrons. The van der Waals surface area contributed by atoms with Crippen molar-refractivity contribution in [1.29, 1.82) is 0 Å². The van der Waals surface area contributed by atoms with Crippen molar-refractivity contribution in [3.05, 3.63) is 66.0 Å². The zero-order chi connectivity index (χ0) is 14.8. The van der Waals surface area contributed by atoms with Crippen LogP contribution < -0.4 is 0 Å². The van der Waals surface area contributed by atoms with Crippen LogP contribution in [0.5, 0.6) is 0 Å². The zero-order valence-electron chi connectivity index (χ0n) is 11.6. The summed E-state index contributed by atoms with van der Waals surface area (Å²) in [6.07, 6.45) is 3.35. The highest BCUT2D eigenvalue weighted by Gasteiger charge is 2.10. The lowest BCUT2D eigenvalue weighted by Gasteiger charge is -2.01. The number of fused-ring (bicyclic) bond motifs is 1. The van der Waals surface area contributed by atoms with Gasteiger partial charge in [-0.2, -0.15) is 0 Å². The van der Waals surface area contributed by atoms with Crippen LogP contribution in [0.25, 0.3) is 28.2 Å². The number of H-pyrrole nitrogens is 1. The molecule has 104 valence electrons. The minimum Gasteiger partial charge on any atom is -0.354 e. The number of allylic oxidation sites excluding steroid dienone is 1. The largest absolute Gasteiger partial charge is 0.354 e. The summed E-state index contributed by atoms with van der Waals surface area (Å²) in [5, 5.41) is 1.04. The third-order valence-corrected chi connectivity index (χ3v) is 3.36. The first-order valence-electron chi connectivity index (χ1n) is 6.70. The summed E-state index contributed by atoms with van der Waals surface area (Å²) >= 11 is 0. The average molecular weight is 279 g/mol. The number of benzene rings is 2. The van der Waals surface area contributed by atoms with Gasteiger partial charge in [0.15, 0.2) is 5.78 Å². The van der Waals surface area contributed by atoms with Crippen LogP contribution in [-0.4, -0.2) is 10.8 Å². The summed E-state index contributed by atoms with van der Waals surface area (Å²) in [5.74, 6) is -0.277. The number of ketones is 1. The van der Waals surface area contributed by atoms with E-state index in [4.69, 9.17) is 0 Å². The van der Waals surface area contributed by atoms with Crippen molar-refractivity contribution in [3.8, 4) is 11.3 Å². The molecule has 0 fully saturated rings. The standard InChI is InChI=1S/C18H14FNO/c1-12(21)6-11-16-15-4-2-3-5-17(15)20-18(16)13-7-9-14(19)10-8-13/h2-11,20H,1H3/b11-6+. The van der Waals surface area contributed by atoms with E-state index in [1.165, 1.54) is 19.1 Å². The maximum Gasteiger partial charge on any atom is 0.152 e. The van der Waals surface area contributed by atoms with E-state index >= 15 is 0 Å². The molecule has 0 saturated carbocycles. The predicted molar refractivity (Wildman–Crippen MR) is 83.4 cm³/mol. The SMILES string of the molecule is CC(=O)/C=C/c1c(-c2ccc(F)cc2)[nH]c2ccccc12. The number of hydrogen-bond donors (Lipinski definition) is 1. The second-order valence-corrected chi connectivity index (χ2v) is 4.91. The second kappa shape index (κ2) is 5.37. The molecule has 0 bridgehead atoms. The van der Waals surface area contributed by atoms with Gasteiger partial charge in [0.1, 0.15) is 5.82 Å². The summed E-state index contributed by atoms with van der Waals surface area (Å²) in [6.45, 7) is 1.52. The third kappa shape index (κ3) is 2.63. The van der Waals surface area contributed by atoms with Crippen LogP contribution in [-0.2, 0) is 4.79 Å². The molecule has 0 aliphatic heterocycles. The van der Waals surface area contributed by atoms with Crippen LogP contribution in [0.2, 0.25) is 0 Å². The number of carbonyl (C=O) groups is 1. The Labute approximate surface area is 121 Å². The summed E-state index contributed by atoms with van der Waals surface area (Å²) < 4.78 is 13.1. The van der Waals surface area contributed by atoms with Crippen LogP contribution in [0.4, 0.5) is 4.39 Å². The van der Waals surface area contributed by atoms with E-state index in [-0.39, 0.29) is 11.6 Å². The van der Waals surface area contributed by atoms with E-state index in [9.17, 15) is 9.18 Å². The van der Waals surface area contributed by atoms with Crippen molar-refractivity contribution < 1.29 is 9.18 Å². The van der Waals surface area contributed by atoms with Gasteiger partial charge in [-0.05, 0) is 55.0 Å². The molecule has 3 rings (SSSR count). The summed E-state index contributed by atoms with van der Waals surface area (Å²) in [4.78, 5) is 14.6. The molecule has 0 spiro atoms. The Morgan fingerprint density at radius 3 is 2.52 bits per heavy atom. The fourth-order valence-corrected chi connectivity index (χ4v) is 2.38. The van der Waals surface area contributed by atoms with Crippen molar-refractivity contribution in [2.75, 3.05) is 0 Å². The number of para-hydroxylation sites is 1. The molecule has 3 aromatic rings. The van der Waals surface area contributed by atoms with E-state index in [0.717, 1.165) is 27.7 Å². The Bertz CT molecular complexity index is 828. The minimum absolute atomic E-state index is 0.00895. The molecular formula is C18H14FNO. The minimum atomic E-state index is -0.268. The van der Waals surface area contributed by atoms with Crippen LogP contribution in [0.1, 0.15) is 12.5 Å². The van der Waals surface area contributed by atoms with Gasteiger partial charge >= 0.3 is 0 Å². The van der Waals surface area contributed by atoms with Crippen LogP contribution in [0.3, 0.4) is 0 Å². The molecular weight excluding hydrogens is 265 g/mol. The van der Waals surface area contributed by atoms with Gasteiger partial charge in [-0.1, -0.05) is 18.2 Å². The topological polar surface area (TPSA) is 32.9 Å². The highest BCUT2D eigenvalue weighted by Crippen LogP contribution is 2.31. The molecule has 0 saturated heterocycles. The Morgan fingerprint density at radius 2 is 1.81 bits per heavy atom. The van der Waals surface area contributed by atoms with Gasteiger partial charge in [0.2, 0.25) is 0 Å². The van der Waals surface area contributed by atoms with Gasteiger partial charge in [-0.15, -0.1) is 0 Å². The maximum absolute atomic E-state index is 13.1. The van der Waals surface area contributed by atoms with E-state index in [2.05, 4.69) is 4.98 Å². The molecule has 0 amide bonds. The Balaban J connectivity index is 2.23. The van der Waals surface area contributed by atoms with E-state index in [1.54, 1.807) is 24.3 Å². The number of aromatic amines is 1. The van der Waals surface area contributed by atoms with Gasteiger partial charge in [0.05, 0.1) is 5.69 Å². The van der Waals surface area contributed by atoms with Gasteiger partial charge in [-0.25, -0.2) is 4.39 Å². The lowest BCUT2D eigenvalue weighted by atomic mass is 10.0. The fraction of sp³-hybridized carbons (Fsp3) is 0.0556. The van der Waals surface area contributed by atoms with Crippen molar-refractivity contribution >= 4 is 22.8 Å². The quantitative estimate of drug-likeness (QED) is 0.699. The highest BCUT2D eigenvalue weighted by atomic mass is 19.1. The van der Waals surface area contributed by atoms with Crippen molar-refractivity contribution in [3.63, 3.8) is 0 Å². The Hall–Kier alpha value is -2.68. The zero-order valence-corrected chi connectivity index (χ0v) is 11.6. The summed E-state index contributed by atoms with van der Waals surface area (Å²) in [5.41, 5.74) is 3.69. The monoisotopic (exact) mass is 279 g/mol. The number of carbonyl (C=O) groups excluding carboxylic acids is 1. The van der Waals surface area contributed by atoms with Gasteiger partial charge < -0.3 is 4.98 Å². The molecule has 2 nitrogen and oxygen atoms in total. The highest BCUT2D eigenvalue weighted by molar-refractivity contribution is 6.00. The molecule has 0 aliphatic rings. The van der Waals surface area contributed by atoms with Crippen LogP contribution >= 0.6 is 0 Å². The number of nitrogens with one attached hydrogen (secondary N) is 1. The average Bonchev–Trinajstić information content (AvgIpc) is 2.84. The number of halogens is 1. The molecule has 0 aliphatic carbocycles. The molecule has 2 aromatic carbocycles. The Morgan fingerprint density at radius 1 is 1.10 bits per heavy atom. The molecule has 3 heteroatoms. The molecule has 1 aromatic heterocycles. The van der Waals surface area contributed by atoms with Crippen LogP contribution in [0.15, 0.2) is 54.6 Å². The number of hydrogen-bond acceptors (Lipinski definition) is 1. The number of rotatable bonds is 3. The predicted octanol–water partition coefficient (Wildman–Crippen LogP) is 4.58. The second-order valence-electron chi connectivity index (χ2n) is 4.91. The van der Waals surface area contributed by atoms with Gasteiger partial charge in [-0.3, -0.25) is 4.79 Å². The van der Waals surface area contributed by atoms with Crippen molar-refractivity contribution in [1.82, 2.24) is 4.98 Å². The number of aromatic nitrogens is 1. The normalized spacial score (nSPS) is 11.3. The lowest BCUT2D eigenvalue weighted by molar-refractivity contribution is -0.112. The lowest BCUT2D eigenvalue weighted by Crippen LogP contribution is -1.84. The third-order valence-electron chi connectivity index (χ3n) is 3.36. The molecule has 0 atom stereocenters. The maximum atomic E-state index is 13.1. The first-order valence-corrected chi connectivity index (χ1v) is 6.70. The van der Waals surface area contributed by atoms with E-state index in [0.29, 0.717) is 0 Å². The first kappa shape index (κ1) is 13.3. The molecule has 1 N–H and O–H groups in total. The molecule has 21 heavy (non-hydrogen) atoms.